The number of esters is 2. The van der Waals surface area contributed by atoms with E-state index in [-0.39, 0.29) is 0 Å². The van der Waals surface area contributed by atoms with Crippen LogP contribution in [0.25, 0.3) is 0 Å². The third kappa shape index (κ3) is 4.87. The van der Waals surface area contributed by atoms with Gasteiger partial charge in [0.2, 0.25) is 0 Å². The van der Waals surface area contributed by atoms with Gasteiger partial charge in [0.1, 0.15) is 18.0 Å². The van der Waals surface area contributed by atoms with Gasteiger partial charge in [-0.2, -0.15) is 26.3 Å². The first-order valence-electron chi connectivity index (χ1n) is 6.69. The van der Waals surface area contributed by atoms with E-state index in [2.05, 4.69) is 25.4 Å². The molecule has 0 saturated carbocycles. The SMILES string of the molecule is O=C(OCCOC(=O)C([O-])(C(F)(F)F)C(F)(F)F)C(Br)c1ccccc1. The minimum Gasteiger partial charge on any atom is -0.828 e. The summed E-state index contributed by atoms with van der Waals surface area (Å²) in [6.07, 6.45) is -12.9. The highest BCUT2D eigenvalue weighted by Gasteiger charge is 2.68. The highest BCUT2D eigenvalue weighted by atomic mass is 79.9. The Morgan fingerprint density at radius 1 is 0.962 bits per heavy atom. The number of ether oxygens (including phenoxy) is 2. The second-order valence-electron chi connectivity index (χ2n) is 4.75. The molecule has 5 nitrogen and oxygen atoms in total. The largest absolute Gasteiger partial charge is 0.828 e. The highest BCUT2D eigenvalue weighted by Crippen LogP contribution is 2.41. The van der Waals surface area contributed by atoms with Crippen molar-refractivity contribution in [2.75, 3.05) is 13.2 Å². The quantitative estimate of drug-likeness (QED) is 0.287. The van der Waals surface area contributed by atoms with Crippen LogP contribution in [0, 0.1) is 0 Å². The number of alkyl halides is 7. The summed E-state index contributed by atoms with van der Waals surface area (Å²) in [5, 5.41) is 11.0. The summed E-state index contributed by atoms with van der Waals surface area (Å²) < 4.78 is 82.4. The molecule has 0 spiro atoms. The molecule has 26 heavy (non-hydrogen) atoms. The lowest BCUT2D eigenvalue weighted by molar-refractivity contribution is -0.574. The van der Waals surface area contributed by atoms with Crippen LogP contribution in [0.5, 0.6) is 0 Å². The first-order valence-corrected chi connectivity index (χ1v) is 7.60. The smallest absolute Gasteiger partial charge is 0.399 e. The van der Waals surface area contributed by atoms with Gasteiger partial charge in [-0.1, -0.05) is 46.3 Å². The molecule has 146 valence electrons. The Morgan fingerprint density at radius 3 is 1.88 bits per heavy atom. The molecule has 1 aromatic carbocycles. The molecule has 0 heterocycles. The predicted molar refractivity (Wildman–Crippen MR) is 74.9 cm³/mol. The van der Waals surface area contributed by atoms with E-state index < -0.39 is 47.9 Å². The number of rotatable bonds is 6. The molecule has 0 amide bonds. The number of hydrogen-bond acceptors (Lipinski definition) is 5. The fourth-order valence-corrected chi connectivity index (χ4v) is 2.04. The Bertz CT molecular complexity index is 617. The molecule has 0 aliphatic heterocycles. The highest BCUT2D eigenvalue weighted by molar-refractivity contribution is 9.09. The Hall–Kier alpha value is -1.82. The zero-order valence-electron chi connectivity index (χ0n) is 12.6. The van der Waals surface area contributed by atoms with E-state index in [4.69, 9.17) is 0 Å². The van der Waals surface area contributed by atoms with Gasteiger partial charge in [0.05, 0.1) is 0 Å². The third-order valence-electron chi connectivity index (χ3n) is 2.95. The average molecular weight is 452 g/mol. The molecule has 0 aliphatic rings. The van der Waals surface area contributed by atoms with Gasteiger partial charge in [0.15, 0.2) is 5.60 Å². The van der Waals surface area contributed by atoms with Crippen molar-refractivity contribution in [1.29, 1.82) is 0 Å². The van der Waals surface area contributed by atoms with Crippen molar-refractivity contribution in [3.8, 4) is 0 Å². The summed E-state index contributed by atoms with van der Waals surface area (Å²) >= 11 is 2.99. The van der Waals surface area contributed by atoms with Crippen LogP contribution in [0.15, 0.2) is 30.3 Å². The van der Waals surface area contributed by atoms with E-state index in [9.17, 15) is 41.0 Å². The number of carbonyl (C=O) groups excluding carboxylic acids is 2. The van der Waals surface area contributed by atoms with Crippen LogP contribution in [-0.2, 0) is 19.1 Å². The van der Waals surface area contributed by atoms with Gasteiger partial charge >= 0.3 is 24.3 Å². The first kappa shape index (κ1) is 22.2. The molecule has 0 aliphatic carbocycles. The molecular weight excluding hydrogens is 442 g/mol. The van der Waals surface area contributed by atoms with E-state index in [1.54, 1.807) is 30.3 Å². The Morgan fingerprint density at radius 2 is 1.42 bits per heavy atom. The summed E-state index contributed by atoms with van der Waals surface area (Å²) in [5.41, 5.74) is -5.45. The van der Waals surface area contributed by atoms with Crippen LogP contribution in [0.3, 0.4) is 0 Å². The van der Waals surface area contributed by atoms with Crippen molar-refractivity contribution in [1.82, 2.24) is 0 Å². The summed E-state index contributed by atoms with van der Waals surface area (Å²) in [4.78, 5) is 21.8. The number of carbonyl (C=O) groups is 2. The summed E-state index contributed by atoms with van der Waals surface area (Å²) in [6, 6.07) is 8.00. The van der Waals surface area contributed by atoms with E-state index in [1.165, 1.54) is 0 Å². The minimum atomic E-state index is -6.45. The van der Waals surface area contributed by atoms with Crippen molar-refractivity contribution < 1.29 is 50.5 Å². The Labute approximate surface area is 151 Å². The van der Waals surface area contributed by atoms with Gasteiger partial charge in [0, 0.05) is 0 Å². The molecule has 0 saturated heterocycles. The molecule has 0 radical (unpaired) electrons. The van der Waals surface area contributed by atoms with Gasteiger partial charge in [-0.25, -0.2) is 0 Å². The summed E-state index contributed by atoms with van der Waals surface area (Å²) in [7, 11) is 0. The fraction of sp³-hybridized carbons (Fsp3) is 0.429. The standard InChI is InChI=1S/C14H10BrF6O5/c15-9(8-4-2-1-3-5-8)10(22)25-6-7-26-11(23)12(24,13(16,17)18)14(19,20)21/h1-5,9H,6-7H2/q-1. The van der Waals surface area contributed by atoms with Crippen molar-refractivity contribution in [3.63, 3.8) is 0 Å². The number of benzene rings is 1. The van der Waals surface area contributed by atoms with Gasteiger partial charge in [-0.15, -0.1) is 0 Å². The molecule has 12 heteroatoms. The van der Waals surface area contributed by atoms with Gasteiger partial charge in [-0.05, 0) is 5.56 Å². The molecule has 0 bridgehead atoms. The number of halogens is 7. The van der Waals surface area contributed by atoms with Gasteiger partial charge in [0.25, 0.3) is 0 Å². The zero-order chi connectivity index (χ0) is 20.2. The second-order valence-corrected chi connectivity index (χ2v) is 5.67. The summed E-state index contributed by atoms with van der Waals surface area (Å²) in [5.74, 6) is -4.00. The fourth-order valence-electron chi connectivity index (χ4n) is 1.60. The van der Waals surface area contributed by atoms with Crippen LogP contribution in [0.1, 0.15) is 10.4 Å². The molecule has 0 aromatic heterocycles. The average Bonchev–Trinajstić information content (AvgIpc) is 2.55. The molecule has 0 N–H and O–H groups in total. The van der Waals surface area contributed by atoms with Gasteiger partial charge in [-0.3, -0.25) is 9.59 Å². The van der Waals surface area contributed by atoms with Gasteiger partial charge < -0.3 is 14.6 Å². The van der Waals surface area contributed by atoms with E-state index in [0.29, 0.717) is 5.56 Å². The molecule has 1 rings (SSSR count). The topological polar surface area (TPSA) is 75.7 Å². The minimum absolute atomic E-state index is 0.474. The van der Waals surface area contributed by atoms with Crippen molar-refractivity contribution in [3.05, 3.63) is 35.9 Å². The second kappa shape index (κ2) is 8.25. The maximum atomic E-state index is 12.4. The Balaban J connectivity index is 2.59. The van der Waals surface area contributed by atoms with Crippen molar-refractivity contribution >= 4 is 27.9 Å². The zero-order valence-corrected chi connectivity index (χ0v) is 14.2. The third-order valence-corrected chi connectivity index (χ3v) is 3.85. The molecule has 1 atom stereocenters. The summed E-state index contributed by atoms with van der Waals surface area (Å²) in [6.45, 7) is -2.00. The van der Waals surface area contributed by atoms with Crippen molar-refractivity contribution in [2.24, 2.45) is 0 Å². The maximum Gasteiger partial charge on any atom is 0.399 e. The lowest BCUT2D eigenvalue weighted by Gasteiger charge is -2.40. The molecule has 1 aromatic rings. The molecule has 1 unspecified atom stereocenters. The van der Waals surface area contributed by atoms with Crippen LogP contribution in [-0.4, -0.2) is 43.1 Å². The van der Waals surface area contributed by atoms with Crippen LogP contribution >= 0.6 is 15.9 Å². The van der Waals surface area contributed by atoms with E-state index in [1.807, 2.05) is 0 Å². The van der Waals surface area contributed by atoms with Crippen LogP contribution in [0.2, 0.25) is 0 Å². The maximum absolute atomic E-state index is 12.4. The molecule has 0 fully saturated rings. The van der Waals surface area contributed by atoms with E-state index >= 15 is 0 Å². The first-order chi connectivity index (χ1) is 11.8. The van der Waals surface area contributed by atoms with Crippen LogP contribution in [0.4, 0.5) is 26.3 Å². The van der Waals surface area contributed by atoms with Crippen LogP contribution < -0.4 is 5.11 Å². The number of hydrogen-bond donors (Lipinski definition) is 0. The lowest BCUT2D eigenvalue weighted by atomic mass is 10.0. The van der Waals surface area contributed by atoms with Crippen molar-refractivity contribution in [2.45, 2.75) is 22.8 Å². The van der Waals surface area contributed by atoms with E-state index in [0.717, 1.165) is 0 Å². The normalized spacial score (nSPS) is 13.8. The molecular formula is C14H10BrF6O5-. The Kier molecular flexibility index (Phi) is 7.05. The monoisotopic (exact) mass is 451 g/mol. The predicted octanol–water partition coefficient (Wildman–Crippen LogP) is 2.43. The lowest BCUT2D eigenvalue weighted by Crippen LogP contribution is -2.71.